The van der Waals surface area contributed by atoms with Gasteiger partial charge in [0, 0.05) is 0 Å². The first-order chi connectivity index (χ1) is 6.74. The van der Waals surface area contributed by atoms with Crippen molar-refractivity contribution in [2.45, 2.75) is 6.92 Å². The quantitative estimate of drug-likeness (QED) is 0.479. The molecule has 6 nitrogen and oxygen atoms in total. The molecule has 0 bridgehead atoms. The first kappa shape index (κ1) is 7.31. The first-order valence-corrected chi connectivity index (χ1v) is 4.17. The number of nitrogens with one attached hydrogen (secondary N) is 3. The van der Waals surface area contributed by atoms with Gasteiger partial charge in [0.05, 0.1) is 17.2 Å². The molecule has 0 radical (unpaired) electrons. The second-order valence-corrected chi connectivity index (χ2v) is 3.15. The SMILES string of the molecule is Cc1nc2ncc3[nH]c(=O)[nH]c3c2[nH]1. The molecule has 3 N–H and O–H groups in total. The summed E-state index contributed by atoms with van der Waals surface area (Å²) in [5.41, 5.74) is 2.55. The fraction of sp³-hybridized carbons (Fsp3) is 0.125. The minimum atomic E-state index is -0.235. The van der Waals surface area contributed by atoms with Crippen molar-refractivity contribution in [3.8, 4) is 0 Å². The van der Waals surface area contributed by atoms with Crippen LogP contribution in [0.3, 0.4) is 0 Å². The summed E-state index contributed by atoms with van der Waals surface area (Å²) < 4.78 is 0. The molecule has 6 heteroatoms. The maximum Gasteiger partial charge on any atom is 0.323 e. The molecule has 3 heterocycles. The van der Waals surface area contributed by atoms with Crippen LogP contribution in [0.25, 0.3) is 22.2 Å². The van der Waals surface area contributed by atoms with E-state index in [0.717, 1.165) is 16.9 Å². The van der Waals surface area contributed by atoms with Gasteiger partial charge in [0.25, 0.3) is 0 Å². The molecular formula is C8H7N5O. The van der Waals surface area contributed by atoms with Gasteiger partial charge in [-0.1, -0.05) is 0 Å². The van der Waals surface area contributed by atoms with Gasteiger partial charge in [-0.05, 0) is 6.92 Å². The van der Waals surface area contributed by atoms with Gasteiger partial charge < -0.3 is 15.0 Å². The molecule has 0 aromatic carbocycles. The fourth-order valence-corrected chi connectivity index (χ4v) is 1.56. The summed E-state index contributed by atoms with van der Waals surface area (Å²) in [6.07, 6.45) is 1.59. The van der Waals surface area contributed by atoms with E-state index in [2.05, 4.69) is 24.9 Å². The van der Waals surface area contributed by atoms with Crippen LogP contribution in [0.2, 0.25) is 0 Å². The highest BCUT2D eigenvalue weighted by molar-refractivity contribution is 5.97. The number of pyridine rings is 1. The van der Waals surface area contributed by atoms with Gasteiger partial charge in [0.2, 0.25) is 0 Å². The summed E-state index contributed by atoms with van der Waals surface area (Å²) in [6.45, 7) is 1.85. The monoisotopic (exact) mass is 189 g/mol. The minimum Gasteiger partial charge on any atom is -0.339 e. The Labute approximate surface area is 77.4 Å². The number of H-pyrrole nitrogens is 3. The Morgan fingerprint density at radius 2 is 2.07 bits per heavy atom. The first-order valence-electron chi connectivity index (χ1n) is 4.17. The Morgan fingerprint density at radius 1 is 1.21 bits per heavy atom. The van der Waals surface area contributed by atoms with Crippen molar-refractivity contribution in [1.82, 2.24) is 24.9 Å². The highest BCUT2D eigenvalue weighted by Crippen LogP contribution is 2.16. The second-order valence-electron chi connectivity index (χ2n) is 3.15. The van der Waals surface area contributed by atoms with Crippen molar-refractivity contribution in [3.63, 3.8) is 0 Å². The van der Waals surface area contributed by atoms with Crippen LogP contribution < -0.4 is 5.69 Å². The normalized spacial score (nSPS) is 11.5. The molecule has 70 valence electrons. The van der Waals surface area contributed by atoms with E-state index in [1.807, 2.05) is 6.92 Å². The molecule has 0 unspecified atom stereocenters. The summed E-state index contributed by atoms with van der Waals surface area (Å²) in [5, 5.41) is 0. The predicted molar refractivity (Wildman–Crippen MR) is 51.1 cm³/mol. The molecular weight excluding hydrogens is 182 g/mol. The molecule has 3 aromatic rings. The molecule has 0 fully saturated rings. The Balaban J connectivity index is 2.65. The smallest absolute Gasteiger partial charge is 0.323 e. The summed E-state index contributed by atoms with van der Waals surface area (Å²) in [7, 11) is 0. The highest BCUT2D eigenvalue weighted by Gasteiger charge is 2.07. The van der Waals surface area contributed by atoms with E-state index in [1.54, 1.807) is 6.20 Å². The van der Waals surface area contributed by atoms with Crippen LogP contribution >= 0.6 is 0 Å². The van der Waals surface area contributed by atoms with E-state index in [0.29, 0.717) is 11.2 Å². The molecule has 14 heavy (non-hydrogen) atoms. The van der Waals surface area contributed by atoms with Crippen molar-refractivity contribution in [3.05, 3.63) is 22.5 Å². The van der Waals surface area contributed by atoms with Crippen molar-refractivity contribution in [1.29, 1.82) is 0 Å². The lowest BCUT2D eigenvalue weighted by atomic mass is 10.4. The number of aromatic nitrogens is 5. The van der Waals surface area contributed by atoms with Gasteiger partial charge in [0.15, 0.2) is 5.65 Å². The van der Waals surface area contributed by atoms with Crippen molar-refractivity contribution in [2.24, 2.45) is 0 Å². The van der Waals surface area contributed by atoms with Crippen LogP contribution in [0, 0.1) is 6.92 Å². The number of hydrogen-bond acceptors (Lipinski definition) is 3. The number of aryl methyl sites for hydroxylation is 1. The molecule has 0 aliphatic carbocycles. The molecule has 0 spiro atoms. The molecule has 3 aromatic heterocycles. The molecule has 0 aliphatic rings. The van der Waals surface area contributed by atoms with Crippen LogP contribution in [-0.4, -0.2) is 24.9 Å². The maximum atomic E-state index is 11.1. The van der Waals surface area contributed by atoms with Crippen LogP contribution in [0.5, 0.6) is 0 Å². The number of fused-ring (bicyclic) bond motifs is 3. The average Bonchev–Trinajstić information content (AvgIpc) is 2.65. The van der Waals surface area contributed by atoms with Crippen LogP contribution in [0.15, 0.2) is 11.0 Å². The van der Waals surface area contributed by atoms with Crippen molar-refractivity contribution >= 4 is 22.2 Å². The molecule has 0 aliphatic heterocycles. The second kappa shape index (κ2) is 2.22. The van der Waals surface area contributed by atoms with Crippen molar-refractivity contribution < 1.29 is 0 Å². The number of rotatable bonds is 0. The van der Waals surface area contributed by atoms with Gasteiger partial charge in [-0.15, -0.1) is 0 Å². The zero-order valence-electron chi connectivity index (χ0n) is 7.38. The molecule has 0 atom stereocenters. The number of hydrogen-bond donors (Lipinski definition) is 3. The number of imidazole rings is 2. The summed E-state index contributed by atoms with van der Waals surface area (Å²) in [6, 6.07) is 0. The van der Waals surface area contributed by atoms with E-state index in [1.165, 1.54) is 0 Å². The molecule has 0 amide bonds. The standard InChI is InChI=1S/C8H7N5O/c1-3-10-6-5-4(12-8(14)13-5)2-9-7(6)11-3/h2H,1H3,(H,9,10,11)(H2,12,13,14). The Morgan fingerprint density at radius 3 is 2.93 bits per heavy atom. The number of nitrogens with zero attached hydrogens (tertiary/aromatic N) is 2. The van der Waals surface area contributed by atoms with Gasteiger partial charge in [-0.3, -0.25) is 0 Å². The third-order valence-electron chi connectivity index (χ3n) is 2.13. The Hall–Kier alpha value is -2.11. The minimum absolute atomic E-state index is 0.235. The third-order valence-corrected chi connectivity index (χ3v) is 2.13. The molecule has 3 rings (SSSR count). The van der Waals surface area contributed by atoms with Crippen molar-refractivity contribution in [2.75, 3.05) is 0 Å². The van der Waals surface area contributed by atoms with Gasteiger partial charge in [-0.25, -0.2) is 14.8 Å². The van der Waals surface area contributed by atoms with Crippen LogP contribution in [0.1, 0.15) is 5.82 Å². The van der Waals surface area contributed by atoms with Gasteiger partial charge >= 0.3 is 5.69 Å². The molecule has 0 saturated carbocycles. The lowest BCUT2D eigenvalue weighted by molar-refractivity contribution is 1.16. The van der Waals surface area contributed by atoms with E-state index in [-0.39, 0.29) is 5.69 Å². The predicted octanol–water partition coefficient (Wildman–Crippen LogP) is 0.436. The third kappa shape index (κ3) is 0.819. The number of aromatic amines is 3. The summed E-state index contributed by atoms with van der Waals surface area (Å²) >= 11 is 0. The zero-order chi connectivity index (χ0) is 9.71. The van der Waals surface area contributed by atoms with Gasteiger partial charge in [-0.2, -0.15) is 0 Å². The fourth-order valence-electron chi connectivity index (χ4n) is 1.56. The van der Waals surface area contributed by atoms with E-state index in [4.69, 9.17) is 0 Å². The van der Waals surface area contributed by atoms with E-state index < -0.39 is 0 Å². The topological polar surface area (TPSA) is 90.2 Å². The molecule has 0 saturated heterocycles. The van der Waals surface area contributed by atoms with Crippen LogP contribution in [-0.2, 0) is 0 Å². The highest BCUT2D eigenvalue weighted by atomic mass is 16.1. The Kier molecular flexibility index (Phi) is 1.16. The average molecular weight is 189 g/mol. The summed E-state index contributed by atoms with van der Waals surface area (Å²) in [4.78, 5) is 27.7. The van der Waals surface area contributed by atoms with Crippen LogP contribution in [0.4, 0.5) is 0 Å². The lowest BCUT2D eigenvalue weighted by Gasteiger charge is -1.88. The van der Waals surface area contributed by atoms with E-state index in [9.17, 15) is 4.79 Å². The maximum absolute atomic E-state index is 11.1. The van der Waals surface area contributed by atoms with Gasteiger partial charge in [0.1, 0.15) is 11.3 Å². The van der Waals surface area contributed by atoms with E-state index >= 15 is 0 Å². The lowest BCUT2D eigenvalue weighted by Crippen LogP contribution is -1.99. The zero-order valence-corrected chi connectivity index (χ0v) is 7.38. The largest absolute Gasteiger partial charge is 0.339 e. The summed E-state index contributed by atoms with van der Waals surface area (Å²) in [5.74, 6) is 0.780. The Bertz CT molecular complexity index is 674.